The molecule has 1 atom stereocenters. The lowest BCUT2D eigenvalue weighted by Crippen LogP contribution is -2.53. The molecular formula is C27H30BrN3O4S. The molecule has 0 spiro atoms. The third kappa shape index (κ3) is 7.18. The van der Waals surface area contributed by atoms with Crippen molar-refractivity contribution in [3.05, 3.63) is 100 Å². The minimum Gasteiger partial charge on any atom is -0.357 e. The van der Waals surface area contributed by atoms with Gasteiger partial charge < -0.3 is 10.2 Å². The zero-order chi connectivity index (χ0) is 26.3. The summed E-state index contributed by atoms with van der Waals surface area (Å²) in [6.45, 7) is 1.66. The van der Waals surface area contributed by atoms with Gasteiger partial charge in [-0.05, 0) is 41.8 Å². The van der Waals surface area contributed by atoms with Gasteiger partial charge in [0.25, 0.3) is 0 Å². The molecule has 3 rings (SSSR count). The fourth-order valence-electron chi connectivity index (χ4n) is 3.94. The second kappa shape index (κ2) is 12.2. The van der Waals surface area contributed by atoms with E-state index in [1.54, 1.807) is 24.3 Å². The predicted octanol–water partition coefficient (Wildman–Crippen LogP) is 3.91. The number of nitrogens with one attached hydrogen (secondary N) is 1. The Morgan fingerprint density at radius 3 is 2.25 bits per heavy atom. The Kier molecular flexibility index (Phi) is 9.28. The van der Waals surface area contributed by atoms with E-state index >= 15 is 0 Å². The standard InChI is InChI=1S/C27H30BrN3O4S/c1-20-10-7-8-13-22(20)18-30(25(27(33)29-2)16-21-11-5-4-6-12-21)26(32)19-31(36(3,34)35)24-15-9-14-23(28)17-24/h4-15,17,25H,16,18-19H2,1-3H3,(H,29,33). The molecule has 0 aromatic heterocycles. The topological polar surface area (TPSA) is 86.8 Å². The van der Waals surface area contributed by atoms with Crippen LogP contribution in [-0.4, -0.2) is 51.0 Å². The van der Waals surface area contributed by atoms with Crippen LogP contribution in [0.25, 0.3) is 0 Å². The second-order valence-electron chi connectivity index (χ2n) is 8.52. The van der Waals surface area contributed by atoms with Crippen LogP contribution in [0.3, 0.4) is 0 Å². The Hall–Kier alpha value is -3.17. The second-order valence-corrected chi connectivity index (χ2v) is 11.3. The largest absolute Gasteiger partial charge is 0.357 e. The SMILES string of the molecule is CNC(=O)C(Cc1ccccc1)N(Cc1ccccc1C)C(=O)CN(c1cccc(Br)c1)S(C)(=O)=O. The predicted molar refractivity (Wildman–Crippen MR) is 146 cm³/mol. The first-order valence-corrected chi connectivity index (χ1v) is 14.1. The Balaban J connectivity index is 2.04. The van der Waals surface area contributed by atoms with E-state index in [9.17, 15) is 18.0 Å². The third-order valence-corrected chi connectivity index (χ3v) is 7.53. The lowest BCUT2D eigenvalue weighted by molar-refractivity contribution is -0.139. The minimum atomic E-state index is -3.79. The smallest absolute Gasteiger partial charge is 0.244 e. The normalized spacial score (nSPS) is 12.0. The number of anilines is 1. The van der Waals surface area contributed by atoms with Crippen molar-refractivity contribution in [3.63, 3.8) is 0 Å². The molecule has 0 aliphatic heterocycles. The van der Waals surface area contributed by atoms with Gasteiger partial charge in [-0.2, -0.15) is 0 Å². The first-order valence-electron chi connectivity index (χ1n) is 11.4. The van der Waals surface area contributed by atoms with Crippen LogP contribution in [-0.2, 0) is 32.6 Å². The number of amides is 2. The molecule has 0 aliphatic rings. The summed E-state index contributed by atoms with van der Waals surface area (Å²) in [6, 6.07) is 23.0. The van der Waals surface area contributed by atoms with Crippen LogP contribution in [0, 0.1) is 6.92 Å². The van der Waals surface area contributed by atoms with Gasteiger partial charge in [0.05, 0.1) is 11.9 Å². The molecule has 0 bridgehead atoms. The number of benzene rings is 3. The van der Waals surface area contributed by atoms with Gasteiger partial charge in [-0.15, -0.1) is 0 Å². The highest BCUT2D eigenvalue weighted by Gasteiger charge is 2.32. The van der Waals surface area contributed by atoms with Crippen molar-refractivity contribution in [2.75, 3.05) is 24.2 Å². The summed E-state index contributed by atoms with van der Waals surface area (Å²) in [4.78, 5) is 28.4. The molecule has 0 aliphatic carbocycles. The Morgan fingerprint density at radius 2 is 1.64 bits per heavy atom. The fourth-order valence-corrected chi connectivity index (χ4v) is 5.17. The Morgan fingerprint density at radius 1 is 0.972 bits per heavy atom. The number of likely N-dealkylation sites (N-methyl/N-ethyl adjacent to an activating group) is 1. The summed E-state index contributed by atoms with van der Waals surface area (Å²) < 4.78 is 27.2. The maximum absolute atomic E-state index is 13.9. The van der Waals surface area contributed by atoms with Gasteiger partial charge in [-0.3, -0.25) is 13.9 Å². The van der Waals surface area contributed by atoms with E-state index < -0.39 is 28.5 Å². The molecule has 36 heavy (non-hydrogen) atoms. The van der Waals surface area contributed by atoms with Crippen LogP contribution < -0.4 is 9.62 Å². The molecule has 190 valence electrons. The monoisotopic (exact) mass is 571 g/mol. The summed E-state index contributed by atoms with van der Waals surface area (Å²) in [7, 11) is -2.26. The van der Waals surface area contributed by atoms with E-state index in [2.05, 4.69) is 21.2 Å². The number of hydrogen-bond acceptors (Lipinski definition) is 4. The number of sulfonamides is 1. The number of nitrogens with zero attached hydrogens (tertiary/aromatic N) is 2. The van der Waals surface area contributed by atoms with Crippen molar-refractivity contribution in [1.82, 2.24) is 10.2 Å². The first-order chi connectivity index (χ1) is 17.1. The molecule has 2 amide bonds. The van der Waals surface area contributed by atoms with Crippen molar-refractivity contribution in [2.45, 2.75) is 25.9 Å². The highest BCUT2D eigenvalue weighted by Crippen LogP contribution is 2.23. The summed E-state index contributed by atoms with van der Waals surface area (Å²) >= 11 is 3.36. The van der Waals surface area contributed by atoms with E-state index in [-0.39, 0.29) is 18.9 Å². The van der Waals surface area contributed by atoms with Crippen LogP contribution in [0.1, 0.15) is 16.7 Å². The summed E-state index contributed by atoms with van der Waals surface area (Å²) in [6.07, 6.45) is 1.35. The number of aryl methyl sites for hydroxylation is 1. The summed E-state index contributed by atoms with van der Waals surface area (Å²) in [5.41, 5.74) is 3.09. The lowest BCUT2D eigenvalue weighted by atomic mass is 10.0. The number of carbonyl (C=O) groups is 2. The molecule has 0 saturated heterocycles. The lowest BCUT2D eigenvalue weighted by Gasteiger charge is -2.33. The Bertz CT molecular complexity index is 1320. The molecule has 7 nitrogen and oxygen atoms in total. The zero-order valence-corrected chi connectivity index (χ0v) is 22.9. The van der Waals surface area contributed by atoms with Gasteiger partial charge in [-0.1, -0.05) is 76.6 Å². The molecule has 1 unspecified atom stereocenters. The molecule has 0 saturated carbocycles. The van der Waals surface area contributed by atoms with Gasteiger partial charge in [0.15, 0.2) is 0 Å². The van der Waals surface area contributed by atoms with E-state index in [1.807, 2.05) is 61.5 Å². The first kappa shape index (κ1) is 27.4. The maximum Gasteiger partial charge on any atom is 0.244 e. The van der Waals surface area contributed by atoms with Crippen LogP contribution in [0.15, 0.2) is 83.3 Å². The van der Waals surface area contributed by atoms with E-state index in [0.29, 0.717) is 10.2 Å². The molecule has 0 heterocycles. The van der Waals surface area contributed by atoms with E-state index in [1.165, 1.54) is 11.9 Å². The van der Waals surface area contributed by atoms with Gasteiger partial charge in [0.1, 0.15) is 12.6 Å². The van der Waals surface area contributed by atoms with Crippen LogP contribution in [0.4, 0.5) is 5.69 Å². The summed E-state index contributed by atoms with van der Waals surface area (Å²) in [5, 5.41) is 2.67. The average Bonchev–Trinajstić information content (AvgIpc) is 2.85. The summed E-state index contributed by atoms with van der Waals surface area (Å²) in [5.74, 6) is -0.803. The number of halogens is 1. The van der Waals surface area contributed by atoms with Gasteiger partial charge in [0.2, 0.25) is 21.8 Å². The van der Waals surface area contributed by atoms with E-state index in [0.717, 1.165) is 27.3 Å². The van der Waals surface area contributed by atoms with Crippen molar-refractivity contribution < 1.29 is 18.0 Å². The van der Waals surface area contributed by atoms with Crippen molar-refractivity contribution in [3.8, 4) is 0 Å². The number of hydrogen-bond donors (Lipinski definition) is 1. The minimum absolute atomic E-state index is 0.159. The molecule has 0 radical (unpaired) electrons. The number of carbonyl (C=O) groups excluding carboxylic acids is 2. The highest BCUT2D eigenvalue weighted by atomic mass is 79.9. The Labute approximate surface area is 221 Å². The van der Waals surface area contributed by atoms with Crippen LogP contribution in [0.2, 0.25) is 0 Å². The molecule has 3 aromatic rings. The van der Waals surface area contributed by atoms with Crippen molar-refractivity contribution in [1.29, 1.82) is 0 Å². The molecule has 3 aromatic carbocycles. The quantitative estimate of drug-likeness (QED) is 0.399. The maximum atomic E-state index is 13.9. The van der Waals surface area contributed by atoms with Crippen LogP contribution >= 0.6 is 15.9 Å². The van der Waals surface area contributed by atoms with Gasteiger partial charge >= 0.3 is 0 Å². The molecule has 1 N–H and O–H groups in total. The molecular weight excluding hydrogens is 542 g/mol. The molecule has 0 fully saturated rings. The van der Waals surface area contributed by atoms with Gasteiger partial charge in [-0.25, -0.2) is 8.42 Å². The van der Waals surface area contributed by atoms with E-state index in [4.69, 9.17) is 0 Å². The van der Waals surface area contributed by atoms with Crippen LogP contribution in [0.5, 0.6) is 0 Å². The van der Waals surface area contributed by atoms with Crippen molar-refractivity contribution in [2.24, 2.45) is 0 Å². The fraction of sp³-hybridized carbons (Fsp3) is 0.259. The number of rotatable bonds is 10. The van der Waals surface area contributed by atoms with Gasteiger partial charge in [0, 0.05) is 24.5 Å². The third-order valence-electron chi connectivity index (χ3n) is 5.89. The zero-order valence-electron chi connectivity index (χ0n) is 20.5. The van der Waals surface area contributed by atoms with Crippen molar-refractivity contribution >= 4 is 43.5 Å². The molecule has 9 heteroatoms. The average molecular weight is 573 g/mol. The highest BCUT2D eigenvalue weighted by molar-refractivity contribution is 9.10.